The maximum atomic E-state index is 12.8. The number of nitrogens with zero attached hydrogens (tertiary/aromatic N) is 3. The van der Waals surface area contributed by atoms with E-state index >= 15 is 0 Å². The van der Waals surface area contributed by atoms with Crippen LogP contribution in [0.1, 0.15) is 27.9 Å². The van der Waals surface area contributed by atoms with Crippen LogP contribution < -0.4 is 5.32 Å². The van der Waals surface area contributed by atoms with E-state index in [1.807, 2.05) is 18.0 Å². The molecule has 1 N–H and O–H groups in total. The first-order valence-corrected chi connectivity index (χ1v) is 9.48. The molecule has 1 amide bonds. The van der Waals surface area contributed by atoms with E-state index in [4.69, 9.17) is 0 Å². The number of aromatic nitrogens is 1. The van der Waals surface area contributed by atoms with Gasteiger partial charge in [-0.2, -0.15) is 0 Å². The zero-order valence-corrected chi connectivity index (χ0v) is 15.3. The van der Waals surface area contributed by atoms with Crippen molar-refractivity contribution in [2.45, 2.75) is 25.3 Å². The van der Waals surface area contributed by atoms with Gasteiger partial charge in [-0.1, -0.05) is 24.3 Å². The highest BCUT2D eigenvalue weighted by molar-refractivity contribution is 5.94. The van der Waals surface area contributed by atoms with Gasteiger partial charge in [0.05, 0.1) is 0 Å². The summed E-state index contributed by atoms with van der Waals surface area (Å²) in [5.41, 5.74) is 3.72. The van der Waals surface area contributed by atoms with Gasteiger partial charge in [-0.25, -0.2) is 4.98 Å². The second-order valence-electron chi connectivity index (χ2n) is 7.17. The first kappa shape index (κ1) is 17.0. The van der Waals surface area contributed by atoms with Gasteiger partial charge >= 0.3 is 0 Å². The van der Waals surface area contributed by atoms with Gasteiger partial charge in [0.15, 0.2) is 0 Å². The molecule has 2 aromatic rings. The van der Waals surface area contributed by atoms with Crippen LogP contribution >= 0.6 is 0 Å². The van der Waals surface area contributed by atoms with E-state index in [0.717, 1.165) is 38.4 Å². The van der Waals surface area contributed by atoms with Crippen molar-refractivity contribution in [1.29, 1.82) is 0 Å². The van der Waals surface area contributed by atoms with Crippen molar-refractivity contribution in [2.24, 2.45) is 0 Å². The lowest BCUT2D eigenvalue weighted by molar-refractivity contribution is 0.0553. The predicted octanol–water partition coefficient (Wildman–Crippen LogP) is 2.44. The molecule has 0 unspecified atom stereocenters. The number of carbonyl (C=O) groups is 1. The molecule has 5 heteroatoms. The number of amides is 1. The Morgan fingerprint density at radius 3 is 2.65 bits per heavy atom. The first-order valence-electron chi connectivity index (χ1n) is 9.48. The van der Waals surface area contributed by atoms with Gasteiger partial charge in [0.2, 0.25) is 0 Å². The second kappa shape index (κ2) is 7.46. The number of aryl methyl sites for hydroxylation is 1. The quantitative estimate of drug-likeness (QED) is 0.924. The topological polar surface area (TPSA) is 48.5 Å². The Hall–Kier alpha value is -2.40. The van der Waals surface area contributed by atoms with Crippen molar-refractivity contribution in [3.8, 4) is 0 Å². The molecule has 2 aliphatic rings. The molecule has 1 aliphatic heterocycles. The van der Waals surface area contributed by atoms with Crippen LogP contribution in [-0.2, 0) is 12.8 Å². The summed E-state index contributed by atoms with van der Waals surface area (Å²) in [6.07, 6.45) is 5.22. The van der Waals surface area contributed by atoms with E-state index < -0.39 is 0 Å². The minimum absolute atomic E-state index is 0.109. The Labute approximate surface area is 155 Å². The minimum Gasteiger partial charge on any atom is -0.373 e. The molecular weight excluding hydrogens is 324 g/mol. The monoisotopic (exact) mass is 350 g/mol. The van der Waals surface area contributed by atoms with Crippen LogP contribution in [0.2, 0.25) is 0 Å². The van der Waals surface area contributed by atoms with Gasteiger partial charge in [-0.05, 0) is 42.5 Å². The number of carbonyl (C=O) groups excluding carboxylic acids is 1. The van der Waals surface area contributed by atoms with Crippen LogP contribution in [0.15, 0.2) is 42.6 Å². The molecule has 4 rings (SSSR count). The lowest BCUT2D eigenvalue weighted by atomic mass is 9.87. The van der Waals surface area contributed by atoms with Crippen LogP contribution in [0.4, 0.5) is 5.82 Å². The fourth-order valence-corrected chi connectivity index (χ4v) is 4.16. The fraction of sp³-hybridized carbons (Fsp3) is 0.429. The van der Waals surface area contributed by atoms with Crippen LogP contribution in [0.5, 0.6) is 0 Å². The lowest BCUT2D eigenvalue weighted by Crippen LogP contribution is -2.53. The van der Waals surface area contributed by atoms with Gasteiger partial charge < -0.3 is 10.2 Å². The summed E-state index contributed by atoms with van der Waals surface area (Å²) in [5, 5.41) is 2.99. The van der Waals surface area contributed by atoms with Crippen LogP contribution in [0.25, 0.3) is 0 Å². The summed E-state index contributed by atoms with van der Waals surface area (Å²) < 4.78 is 0. The Morgan fingerprint density at radius 2 is 1.88 bits per heavy atom. The molecule has 0 radical (unpaired) electrons. The number of hydrogen-bond acceptors (Lipinski definition) is 4. The number of rotatable bonds is 3. The molecule has 1 aliphatic carbocycles. The number of piperazine rings is 1. The van der Waals surface area contributed by atoms with E-state index in [-0.39, 0.29) is 5.91 Å². The summed E-state index contributed by atoms with van der Waals surface area (Å²) in [7, 11) is 1.82. The summed E-state index contributed by atoms with van der Waals surface area (Å²) in [6, 6.07) is 13.0. The number of benzene rings is 1. The number of anilines is 1. The molecule has 136 valence electrons. The SMILES string of the molecule is CNc1cc(C(=O)N2CCN([C@@H]3CCc4ccccc4C3)CC2)ccn1. The fourth-order valence-electron chi connectivity index (χ4n) is 4.16. The van der Waals surface area contributed by atoms with Gasteiger partial charge in [-0.3, -0.25) is 9.69 Å². The van der Waals surface area contributed by atoms with Gasteiger partial charge in [-0.15, -0.1) is 0 Å². The molecular formula is C21H26N4O. The summed E-state index contributed by atoms with van der Waals surface area (Å²) >= 11 is 0. The van der Waals surface area contributed by atoms with Crippen molar-refractivity contribution < 1.29 is 4.79 Å². The molecule has 1 aromatic carbocycles. The number of hydrogen-bond donors (Lipinski definition) is 1. The number of fused-ring (bicyclic) bond motifs is 1. The van der Waals surface area contributed by atoms with Gasteiger partial charge in [0, 0.05) is 51.0 Å². The molecule has 1 aromatic heterocycles. The average molecular weight is 350 g/mol. The van der Waals surface area contributed by atoms with Crippen molar-refractivity contribution >= 4 is 11.7 Å². The molecule has 1 saturated heterocycles. The molecule has 2 heterocycles. The van der Waals surface area contributed by atoms with E-state index in [2.05, 4.69) is 39.5 Å². The van der Waals surface area contributed by atoms with Crippen molar-refractivity contribution in [3.63, 3.8) is 0 Å². The summed E-state index contributed by atoms with van der Waals surface area (Å²) in [6.45, 7) is 3.52. The third-order valence-corrected chi connectivity index (χ3v) is 5.70. The van der Waals surface area contributed by atoms with Crippen LogP contribution in [0.3, 0.4) is 0 Å². The molecule has 26 heavy (non-hydrogen) atoms. The second-order valence-corrected chi connectivity index (χ2v) is 7.17. The van der Waals surface area contributed by atoms with E-state index in [1.54, 1.807) is 12.3 Å². The maximum absolute atomic E-state index is 12.8. The standard InChI is InChI=1S/C21H26N4O/c1-22-20-15-18(8-9-23-20)21(26)25-12-10-24(11-13-25)19-7-6-16-4-2-3-5-17(16)14-19/h2-5,8-9,15,19H,6-7,10-14H2,1H3,(H,22,23)/t19-/m1/s1. The van der Waals surface area contributed by atoms with E-state index in [9.17, 15) is 4.79 Å². The molecule has 1 atom stereocenters. The summed E-state index contributed by atoms with van der Waals surface area (Å²) in [4.78, 5) is 21.5. The molecule has 1 fully saturated rings. The number of pyridine rings is 1. The Bertz CT molecular complexity index is 783. The largest absolute Gasteiger partial charge is 0.373 e. The van der Waals surface area contributed by atoms with Gasteiger partial charge in [0.25, 0.3) is 5.91 Å². The van der Waals surface area contributed by atoms with Crippen LogP contribution in [0, 0.1) is 0 Å². The van der Waals surface area contributed by atoms with Crippen LogP contribution in [-0.4, -0.2) is 60.0 Å². The number of nitrogens with one attached hydrogen (secondary N) is 1. The van der Waals surface area contributed by atoms with Crippen molar-refractivity contribution in [3.05, 3.63) is 59.3 Å². The maximum Gasteiger partial charge on any atom is 0.254 e. The van der Waals surface area contributed by atoms with Crippen molar-refractivity contribution in [1.82, 2.24) is 14.8 Å². The van der Waals surface area contributed by atoms with Gasteiger partial charge in [0.1, 0.15) is 5.82 Å². The molecule has 0 bridgehead atoms. The highest BCUT2D eigenvalue weighted by atomic mass is 16.2. The third-order valence-electron chi connectivity index (χ3n) is 5.70. The van der Waals surface area contributed by atoms with Crippen molar-refractivity contribution in [2.75, 3.05) is 38.5 Å². The highest BCUT2D eigenvalue weighted by Gasteiger charge is 2.29. The predicted molar refractivity (Wildman–Crippen MR) is 104 cm³/mol. The Morgan fingerprint density at radius 1 is 1.12 bits per heavy atom. The zero-order chi connectivity index (χ0) is 17.9. The normalized spacial score (nSPS) is 20.5. The zero-order valence-electron chi connectivity index (χ0n) is 15.3. The minimum atomic E-state index is 0.109. The first-order chi connectivity index (χ1) is 12.7. The third kappa shape index (κ3) is 3.44. The molecule has 0 saturated carbocycles. The highest BCUT2D eigenvalue weighted by Crippen LogP contribution is 2.25. The summed E-state index contributed by atoms with van der Waals surface area (Å²) in [5.74, 6) is 0.841. The van der Waals surface area contributed by atoms with E-state index in [0.29, 0.717) is 11.6 Å². The smallest absolute Gasteiger partial charge is 0.254 e. The average Bonchev–Trinajstić information content (AvgIpc) is 2.73. The van der Waals surface area contributed by atoms with E-state index in [1.165, 1.54) is 24.0 Å². The molecule has 5 nitrogen and oxygen atoms in total. The Balaban J connectivity index is 1.36. The lowest BCUT2D eigenvalue weighted by Gasteiger charge is -2.41. The Kier molecular flexibility index (Phi) is 4.89. The molecule has 0 spiro atoms.